The van der Waals surface area contributed by atoms with Gasteiger partial charge in [0.05, 0.1) is 17.0 Å². The maximum absolute atomic E-state index is 11.4. The van der Waals surface area contributed by atoms with Gasteiger partial charge in [0, 0.05) is 6.04 Å². The Morgan fingerprint density at radius 3 is 2.13 bits per heavy atom. The standard InChI is InChI=1S/C9H18N2O3S/c1-7(2)11-9(8(10)12)3-5-15(13,14)6-4-9/h7,11H,3-6H2,1-2H3,(H2,10,12). The van der Waals surface area contributed by atoms with Crippen molar-refractivity contribution in [2.24, 2.45) is 5.73 Å². The number of hydrogen-bond donors (Lipinski definition) is 2. The number of sulfone groups is 1. The molecule has 0 radical (unpaired) electrons. The minimum absolute atomic E-state index is 0.0374. The summed E-state index contributed by atoms with van der Waals surface area (Å²) in [6, 6.07) is 0.110. The second-order valence-electron chi connectivity index (χ2n) is 4.40. The van der Waals surface area contributed by atoms with Crippen LogP contribution >= 0.6 is 0 Å². The van der Waals surface area contributed by atoms with Crippen LogP contribution in [-0.4, -0.2) is 37.4 Å². The van der Waals surface area contributed by atoms with Crippen LogP contribution in [0.1, 0.15) is 26.7 Å². The van der Waals surface area contributed by atoms with E-state index in [-0.39, 0.29) is 30.4 Å². The van der Waals surface area contributed by atoms with E-state index >= 15 is 0 Å². The van der Waals surface area contributed by atoms with Crippen LogP contribution < -0.4 is 11.1 Å². The summed E-state index contributed by atoms with van der Waals surface area (Å²) in [5, 5.41) is 3.09. The fourth-order valence-corrected chi connectivity index (χ4v) is 3.42. The average Bonchev–Trinajstić information content (AvgIpc) is 2.08. The van der Waals surface area contributed by atoms with Crippen molar-refractivity contribution in [2.75, 3.05) is 11.5 Å². The molecule has 6 heteroatoms. The number of rotatable bonds is 3. The van der Waals surface area contributed by atoms with Crippen molar-refractivity contribution in [3.63, 3.8) is 0 Å². The molecule has 1 saturated heterocycles. The van der Waals surface area contributed by atoms with Gasteiger partial charge in [-0.25, -0.2) is 8.42 Å². The van der Waals surface area contributed by atoms with Crippen molar-refractivity contribution in [3.8, 4) is 0 Å². The van der Waals surface area contributed by atoms with Crippen LogP contribution in [0.25, 0.3) is 0 Å². The maximum atomic E-state index is 11.4. The predicted molar refractivity (Wildman–Crippen MR) is 58.1 cm³/mol. The summed E-state index contributed by atoms with van der Waals surface area (Å²) in [6.45, 7) is 3.82. The first-order valence-electron chi connectivity index (χ1n) is 5.05. The molecule has 0 unspecified atom stereocenters. The molecule has 1 fully saturated rings. The van der Waals surface area contributed by atoms with Gasteiger partial charge >= 0.3 is 0 Å². The molecule has 0 aromatic carbocycles. The molecule has 0 spiro atoms. The van der Waals surface area contributed by atoms with Gasteiger partial charge in [0.15, 0.2) is 0 Å². The van der Waals surface area contributed by atoms with Crippen molar-refractivity contribution in [1.82, 2.24) is 5.32 Å². The lowest BCUT2D eigenvalue weighted by Crippen LogP contribution is -2.61. The SMILES string of the molecule is CC(C)NC1(C(N)=O)CCS(=O)(=O)CC1. The van der Waals surface area contributed by atoms with Crippen LogP contribution in [0.4, 0.5) is 0 Å². The number of hydrogen-bond acceptors (Lipinski definition) is 4. The lowest BCUT2D eigenvalue weighted by molar-refractivity contribution is -0.125. The van der Waals surface area contributed by atoms with Gasteiger partial charge in [-0.1, -0.05) is 0 Å². The first-order chi connectivity index (χ1) is 6.77. The lowest BCUT2D eigenvalue weighted by atomic mass is 9.90. The summed E-state index contributed by atoms with van der Waals surface area (Å²) >= 11 is 0. The van der Waals surface area contributed by atoms with E-state index in [0.717, 1.165) is 0 Å². The number of amides is 1. The highest BCUT2D eigenvalue weighted by atomic mass is 32.2. The number of nitrogens with one attached hydrogen (secondary N) is 1. The summed E-state index contributed by atoms with van der Waals surface area (Å²) in [4.78, 5) is 11.4. The van der Waals surface area contributed by atoms with Gasteiger partial charge in [-0.3, -0.25) is 4.79 Å². The lowest BCUT2D eigenvalue weighted by Gasteiger charge is -2.36. The molecule has 88 valence electrons. The first kappa shape index (κ1) is 12.4. The summed E-state index contributed by atoms with van der Waals surface area (Å²) in [5.74, 6) is -0.378. The average molecular weight is 234 g/mol. The molecule has 3 N–H and O–H groups in total. The summed E-state index contributed by atoms with van der Waals surface area (Å²) < 4.78 is 22.5. The van der Waals surface area contributed by atoms with E-state index in [0.29, 0.717) is 0 Å². The molecule has 15 heavy (non-hydrogen) atoms. The van der Waals surface area contributed by atoms with Gasteiger partial charge in [-0.05, 0) is 26.7 Å². The Hall–Kier alpha value is -0.620. The number of primary amides is 1. The quantitative estimate of drug-likeness (QED) is 0.683. The normalized spacial score (nSPS) is 23.9. The zero-order valence-corrected chi connectivity index (χ0v) is 9.93. The zero-order chi connectivity index (χ0) is 11.7. The Labute approximate surface area is 90.3 Å². The molecule has 0 aromatic heterocycles. The maximum Gasteiger partial charge on any atom is 0.237 e. The predicted octanol–water partition coefficient (Wildman–Crippen LogP) is -0.583. The van der Waals surface area contributed by atoms with Gasteiger partial charge in [0.1, 0.15) is 9.84 Å². The zero-order valence-electron chi connectivity index (χ0n) is 9.12. The number of carbonyl (C=O) groups excluding carboxylic acids is 1. The smallest absolute Gasteiger partial charge is 0.237 e. The van der Waals surface area contributed by atoms with Gasteiger partial charge in [0.2, 0.25) is 5.91 Å². The highest BCUT2D eigenvalue weighted by molar-refractivity contribution is 7.91. The molecule has 1 amide bonds. The highest BCUT2D eigenvalue weighted by Crippen LogP contribution is 2.24. The van der Waals surface area contributed by atoms with Crippen LogP contribution in [0.15, 0.2) is 0 Å². The van der Waals surface area contributed by atoms with E-state index in [4.69, 9.17) is 5.73 Å². The number of nitrogens with two attached hydrogens (primary N) is 1. The third-order valence-electron chi connectivity index (χ3n) is 2.72. The molecule has 1 rings (SSSR count). The monoisotopic (exact) mass is 234 g/mol. The third-order valence-corrected chi connectivity index (χ3v) is 4.37. The molecule has 1 aliphatic heterocycles. The minimum atomic E-state index is -2.97. The fourth-order valence-electron chi connectivity index (χ4n) is 1.90. The second kappa shape index (κ2) is 4.09. The molecular formula is C9H18N2O3S. The summed E-state index contributed by atoms with van der Waals surface area (Å²) in [6.07, 6.45) is 0.561. The Balaban J connectivity index is 2.82. The Kier molecular flexibility index (Phi) is 3.40. The second-order valence-corrected chi connectivity index (χ2v) is 6.70. The molecule has 5 nitrogen and oxygen atoms in total. The van der Waals surface area contributed by atoms with Crippen molar-refractivity contribution < 1.29 is 13.2 Å². The third kappa shape index (κ3) is 2.92. The molecule has 0 bridgehead atoms. The first-order valence-corrected chi connectivity index (χ1v) is 6.88. The Bertz CT molecular complexity index is 334. The van der Waals surface area contributed by atoms with Crippen LogP contribution in [0.2, 0.25) is 0 Å². The van der Waals surface area contributed by atoms with Gasteiger partial charge in [-0.2, -0.15) is 0 Å². The topological polar surface area (TPSA) is 89.3 Å². The molecule has 0 aromatic rings. The Morgan fingerprint density at radius 1 is 1.33 bits per heavy atom. The molecule has 1 heterocycles. The summed E-state index contributed by atoms with van der Waals surface area (Å²) in [5.41, 5.74) is 4.51. The molecular weight excluding hydrogens is 216 g/mol. The molecule has 1 aliphatic rings. The largest absolute Gasteiger partial charge is 0.368 e. The highest BCUT2D eigenvalue weighted by Gasteiger charge is 2.42. The van der Waals surface area contributed by atoms with Crippen molar-refractivity contribution in [3.05, 3.63) is 0 Å². The minimum Gasteiger partial charge on any atom is -0.368 e. The van der Waals surface area contributed by atoms with Crippen LogP contribution in [0.5, 0.6) is 0 Å². The van der Waals surface area contributed by atoms with Gasteiger partial charge < -0.3 is 11.1 Å². The molecule has 0 saturated carbocycles. The number of carbonyl (C=O) groups is 1. The van der Waals surface area contributed by atoms with Gasteiger partial charge in [-0.15, -0.1) is 0 Å². The van der Waals surface area contributed by atoms with E-state index in [1.807, 2.05) is 13.8 Å². The van der Waals surface area contributed by atoms with E-state index in [9.17, 15) is 13.2 Å². The van der Waals surface area contributed by atoms with E-state index in [1.165, 1.54) is 0 Å². The van der Waals surface area contributed by atoms with Crippen LogP contribution in [0.3, 0.4) is 0 Å². The Morgan fingerprint density at radius 2 is 1.80 bits per heavy atom. The van der Waals surface area contributed by atoms with E-state index < -0.39 is 21.3 Å². The van der Waals surface area contributed by atoms with Crippen molar-refractivity contribution in [1.29, 1.82) is 0 Å². The van der Waals surface area contributed by atoms with Crippen LogP contribution in [-0.2, 0) is 14.6 Å². The summed E-state index contributed by atoms with van der Waals surface area (Å²) in [7, 11) is -2.97. The van der Waals surface area contributed by atoms with E-state index in [1.54, 1.807) is 0 Å². The molecule has 0 aliphatic carbocycles. The van der Waals surface area contributed by atoms with Crippen molar-refractivity contribution in [2.45, 2.75) is 38.3 Å². The van der Waals surface area contributed by atoms with Crippen molar-refractivity contribution >= 4 is 15.7 Å². The van der Waals surface area contributed by atoms with E-state index in [2.05, 4.69) is 5.32 Å². The molecule has 0 atom stereocenters. The van der Waals surface area contributed by atoms with Gasteiger partial charge in [0.25, 0.3) is 0 Å². The fraction of sp³-hybridized carbons (Fsp3) is 0.889. The van der Waals surface area contributed by atoms with Crippen LogP contribution in [0, 0.1) is 0 Å².